The molecule has 1 fully saturated rings. The first-order chi connectivity index (χ1) is 16.6. The second-order valence-corrected chi connectivity index (χ2v) is 11.2. The fourth-order valence-electron chi connectivity index (χ4n) is 4.31. The number of rotatable bonds is 5. The third-order valence-electron chi connectivity index (χ3n) is 6.17. The predicted molar refractivity (Wildman–Crippen MR) is 133 cm³/mol. The Hall–Kier alpha value is -1.64. The number of hydrogen-bond acceptors (Lipinski definition) is 4. The van der Waals surface area contributed by atoms with Crippen LogP contribution in [-0.4, -0.2) is 54.6 Å². The summed E-state index contributed by atoms with van der Waals surface area (Å²) in [6.07, 6.45) is 4.27. The molecule has 35 heavy (non-hydrogen) atoms. The number of hydrogen-bond donors (Lipinski definition) is 0. The number of alkyl halides is 3. The number of likely N-dealkylation sites (tertiary alicyclic amines) is 1. The minimum atomic E-state index is -1.26. The molecule has 1 saturated heterocycles. The van der Waals surface area contributed by atoms with Gasteiger partial charge in [0.25, 0.3) is 0 Å². The summed E-state index contributed by atoms with van der Waals surface area (Å²) in [6, 6.07) is 8.37. The van der Waals surface area contributed by atoms with Gasteiger partial charge < -0.3 is 19.1 Å². The summed E-state index contributed by atoms with van der Waals surface area (Å²) < 4.78 is 42.9. The van der Waals surface area contributed by atoms with Gasteiger partial charge in [0.15, 0.2) is 0 Å². The number of carbonyl (C=O) groups excluding carboxylic acids is 1. The van der Waals surface area contributed by atoms with Gasteiger partial charge >= 0.3 is 0 Å². The number of aryl methyl sites for hydroxylation is 1. The van der Waals surface area contributed by atoms with Gasteiger partial charge in [-0.1, -0.05) is 40.9 Å². The van der Waals surface area contributed by atoms with Crippen LogP contribution >= 0.6 is 34.8 Å². The van der Waals surface area contributed by atoms with Crippen LogP contribution < -0.4 is 4.74 Å². The van der Waals surface area contributed by atoms with Gasteiger partial charge in [-0.3, -0.25) is 4.79 Å². The minimum Gasteiger partial charge on any atom is -0.487 e. The number of benzene rings is 2. The fraction of sp³-hybridized carbons (Fsp3) is 0.480. The van der Waals surface area contributed by atoms with Crippen molar-refractivity contribution in [2.45, 2.75) is 41.7 Å². The molecule has 0 unspecified atom stereocenters. The second-order valence-electron chi connectivity index (χ2n) is 8.65. The molecule has 0 saturated carbocycles. The van der Waals surface area contributed by atoms with Gasteiger partial charge in [-0.15, -0.1) is 0 Å². The summed E-state index contributed by atoms with van der Waals surface area (Å²) in [7, 11) is 2.88. The number of piperidine rings is 1. The maximum Gasteiger partial charge on any atom is 0.213 e. The van der Waals surface area contributed by atoms with Crippen LogP contribution in [0, 0.1) is 11.6 Å². The summed E-state index contributed by atoms with van der Waals surface area (Å²) in [4.78, 5) is 12.7. The predicted octanol–water partition coefficient (Wildman–Crippen LogP) is 6.10. The highest BCUT2D eigenvalue weighted by Gasteiger charge is 2.39. The average Bonchev–Trinajstić information content (AvgIpc) is 2.81. The highest BCUT2D eigenvalue weighted by atomic mass is 35.6. The van der Waals surface area contributed by atoms with E-state index in [1.165, 1.54) is 26.4 Å². The Morgan fingerprint density at radius 3 is 2.20 bits per heavy atom. The van der Waals surface area contributed by atoms with Crippen LogP contribution in [0.2, 0.25) is 0 Å². The van der Waals surface area contributed by atoms with E-state index < -0.39 is 15.4 Å². The normalized spacial score (nSPS) is 16.7. The zero-order chi connectivity index (χ0) is 25.6. The molecule has 10 heteroatoms. The molecule has 5 nitrogen and oxygen atoms in total. The Morgan fingerprint density at radius 2 is 1.69 bits per heavy atom. The van der Waals surface area contributed by atoms with Crippen molar-refractivity contribution >= 4 is 41.2 Å². The lowest BCUT2D eigenvalue weighted by molar-refractivity contribution is -0.121. The molecule has 0 aromatic heterocycles. The molecule has 0 N–H and O–H groups in total. The van der Waals surface area contributed by atoms with Crippen molar-refractivity contribution < 1.29 is 27.8 Å². The molecule has 192 valence electrons. The Bertz CT molecular complexity index is 1000. The molecule has 2 aliphatic rings. The fourth-order valence-corrected chi connectivity index (χ4v) is 4.63. The van der Waals surface area contributed by atoms with E-state index in [4.69, 9.17) is 44.3 Å². The van der Waals surface area contributed by atoms with Gasteiger partial charge in [0, 0.05) is 45.7 Å². The first kappa shape index (κ1) is 27.9. The maximum absolute atomic E-state index is 14.2. The average molecular weight is 551 g/mol. The highest BCUT2D eigenvalue weighted by molar-refractivity contribution is 6.67. The second kappa shape index (κ2) is 12.1. The Labute approximate surface area is 219 Å². The van der Waals surface area contributed by atoms with Gasteiger partial charge in [0.2, 0.25) is 10.2 Å². The molecule has 0 atom stereocenters. The Morgan fingerprint density at radius 1 is 1.03 bits per heavy atom. The molecule has 2 aromatic rings. The number of nitrogens with zero attached hydrogens (tertiary/aromatic N) is 1. The van der Waals surface area contributed by atoms with Crippen molar-refractivity contribution in [3.05, 3.63) is 53.1 Å². The first-order valence-electron chi connectivity index (χ1n) is 11.1. The van der Waals surface area contributed by atoms with Crippen LogP contribution in [0.15, 0.2) is 30.3 Å². The molecule has 1 spiro atoms. The van der Waals surface area contributed by atoms with E-state index in [9.17, 15) is 13.6 Å². The van der Waals surface area contributed by atoms with Gasteiger partial charge in [-0.05, 0) is 53.8 Å². The standard InChI is InChI=1S/C22H23F2NO3.C3H5Cl3O/c1-27-13-18-19(23)11-17(12-20(18)24)15-2-3-21-16(10-15)4-5-22(28-21)6-8-25(14-26)9-7-22;1-7-2-3(4,5)6/h2-3,10-12,14H,4-9,13H2,1H3;2H2,1H3. The van der Waals surface area contributed by atoms with E-state index in [1.54, 1.807) is 4.90 Å². The molecule has 2 heterocycles. The molecule has 0 bridgehead atoms. The lowest BCUT2D eigenvalue weighted by Gasteiger charge is -2.43. The van der Waals surface area contributed by atoms with E-state index in [1.807, 2.05) is 18.2 Å². The van der Waals surface area contributed by atoms with Crippen molar-refractivity contribution in [2.75, 3.05) is 33.9 Å². The van der Waals surface area contributed by atoms with Crippen molar-refractivity contribution in [3.8, 4) is 16.9 Å². The van der Waals surface area contributed by atoms with Gasteiger partial charge in [-0.2, -0.15) is 0 Å². The highest BCUT2D eigenvalue weighted by Crippen LogP contribution is 2.41. The topological polar surface area (TPSA) is 48.0 Å². The summed E-state index contributed by atoms with van der Waals surface area (Å²) in [5.74, 6) is -0.384. The zero-order valence-corrected chi connectivity index (χ0v) is 21.9. The SMILES string of the molecule is COCC(Cl)(Cl)Cl.COCc1c(F)cc(-c2ccc3c(c2)CCC2(CCN(C=O)CC2)O3)cc1F. The van der Waals surface area contributed by atoms with Crippen LogP contribution in [0.5, 0.6) is 5.75 Å². The summed E-state index contributed by atoms with van der Waals surface area (Å²) >= 11 is 15.7. The molecule has 0 aliphatic carbocycles. The van der Waals surface area contributed by atoms with Crippen molar-refractivity contribution in [3.63, 3.8) is 0 Å². The van der Waals surface area contributed by atoms with Crippen LogP contribution in [0.25, 0.3) is 11.1 Å². The van der Waals surface area contributed by atoms with Gasteiger partial charge in [-0.25, -0.2) is 8.78 Å². The summed E-state index contributed by atoms with van der Waals surface area (Å²) in [5.41, 5.74) is 2.03. The molecule has 4 rings (SSSR count). The maximum atomic E-state index is 14.2. The number of ether oxygens (including phenoxy) is 3. The monoisotopic (exact) mass is 549 g/mol. The van der Waals surface area contributed by atoms with Crippen LogP contribution in [0.3, 0.4) is 0 Å². The molecular formula is C25H28Cl3F2NO4. The van der Waals surface area contributed by atoms with Crippen molar-refractivity contribution in [1.29, 1.82) is 0 Å². The van der Waals surface area contributed by atoms with E-state index in [-0.39, 0.29) is 24.4 Å². The van der Waals surface area contributed by atoms with Crippen LogP contribution in [-0.2, 0) is 27.3 Å². The number of fused-ring (bicyclic) bond motifs is 1. The molecular weight excluding hydrogens is 523 g/mol. The van der Waals surface area contributed by atoms with Gasteiger partial charge in [0.05, 0.1) is 13.2 Å². The third-order valence-corrected chi connectivity index (χ3v) is 6.49. The molecule has 1 amide bonds. The van der Waals surface area contributed by atoms with Crippen molar-refractivity contribution in [2.24, 2.45) is 0 Å². The number of carbonyl (C=O) groups is 1. The van der Waals surface area contributed by atoms with E-state index >= 15 is 0 Å². The lowest BCUT2D eigenvalue weighted by atomic mass is 9.83. The molecule has 0 radical (unpaired) electrons. The number of halogens is 5. The molecule has 2 aliphatic heterocycles. The van der Waals surface area contributed by atoms with Crippen molar-refractivity contribution in [1.82, 2.24) is 4.90 Å². The number of methoxy groups -OCH3 is 2. The minimum absolute atomic E-state index is 0.0591. The lowest BCUT2D eigenvalue weighted by Crippen LogP contribution is -2.49. The summed E-state index contributed by atoms with van der Waals surface area (Å²) in [6.45, 7) is 1.46. The van der Waals surface area contributed by atoms with Gasteiger partial charge in [0.1, 0.15) is 23.0 Å². The van der Waals surface area contributed by atoms with E-state index in [2.05, 4.69) is 4.74 Å². The number of amides is 1. The Balaban J connectivity index is 0.000000429. The third kappa shape index (κ3) is 7.43. The zero-order valence-electron chi connectivity index (χ0n) is 19.6. The Kier molecular flexibility index (Phi) is 9.63. The summed E-state index contributed by atoms with van der Waals surface area (Å²) in [5, 5.41) is 0. The molecule has 2 aromatic carbocycles. The largest absolute Gasteiger partial charge is 0.487 e. The van der Waals surface area contributed by atoms with Crippen LogP contribution in [0.4, 0.5) is 8.78 Å². The van der Waals surface area contributed by atoms with E-state index in [0.29, 0.717) is 18.7 Å². The first-order valence-corrected chi connectivity index (χ1v) is 12.3. The quantitative estimate of drug-likeness (QED) is 0.334. The van der Waals surface area contributed by atoms with E-state index in [0.717, 1.165) is 49.0 Å². The smallest absolute Gasteiger partial charge is 0.213 e. The van der Waals surface area contributed by atoms with Crippen LogP contribution in [0.1, 0.15) is 30.4 Å².